The van der Waals surface area contributed by atoms with Crippen LogP contribution in [0.2, 0.25) is 0 Å². The van der Waals surface area contributed by atoms with Gasteiger partial charge in [-0.15, -0.1) is 0 Å². The Balaban J connectivity index is 2.83. The maximum absolute atomic E-state index is 5.46. The molecule has 1 aromatic rings. The molecule has 0 fully saturated rings. The van der Waals surface area contributed by atoms with Crippen LogP contribution in [0.5, 0.6) is 5.75 Å². The largest absolute Gasteiger partial charge is 0.496 e. The molecule has 1 rings (SSSR count). The highest BCUT2D eigenvalue weighted by molar-refractivity contribution is 5.41. The average Bonchev–Trinajstić information content (AvgIpc) is 2.27. The van der Waals surface area contributed by atoms with Gasteiger partial charge in [-0.3, -0.25) is 0 Å². The van der Waals surface area contributed by atoms with Gasteiger partial charge >= 0.3 is 0 Å². The Morgan fingerprint density at radius 3 is 2.33 bits per heavy atom. The summed E-state index contributed by atoms with van der Waals surface area (Å²) in [5.74, 6) is 0.999. The third-order valence-electron chi connectivity index (χ3n) is 3.14. The van der Waals surface area contributed by atoms with E-state index in [4.69, 9.17) is 4.74 Å². The number of hydrogen-bond acceptors (Lipinski definition) is 2. The van der Waals surface area contributed by atoms with Crippen LogP contribution in [0.1, 0.15) is 38.3 Å². The molecule has 2 nitrogen and oxygen atoms in total. The third kappa shape index (κ3) is 4.34. The van der Waals surface area contributed by atoms with E-state index in [9.17, 15) is 0 Å². The molecular weight excluding hydrogens is 222 g/mol. The molecule has 0 N–H and O–H groups in total. The normalized spacial score (nSPS) is 11.9. The maximum atomic E-state index is 5.46. The fourth-order valence-electron chi connectivity index (χ4n) is 2.10. The molecule has 0 amide bonds. The van der Waals surface area contributed by atoms with Crippen molar-refractivity contribution in [1.82, 2.24) is 4.90 Å². The van der Waals surface area contributed by atoms with Crippen molar-refractivity contribution in [2.45, 2.75) is 39.0 Å². The Morgan fingerprint density at radius 1 is 1.17 bits per heavy atom. The van der Waals surface area contributed by atoms with Gasteiger partial charge in [-0.2, -0.15) is 0 Å². The zero-order chi connectivity index (χ0) is 13.8. The minimum Gasteiger partial charge on any atom is -0.496 e. The van der Waals surface area contributed by atoms with E-state index in [0.717, 1.165) is 18.7 Å². The predicted octanol–water partition coefficient (Wildman–Crippen LogP) is 3.49. The number of rotatable bonds is 5. The molecule has 0 radical (unpaired) electrons. The lowest BCUT2D eigenvalue weighted by atomic mass is 9.85. The summed E-state index contributed by atoms with van der Waals surface area (Å²) >= 11 is 0. The van der Waals surface area contributed by atoms with E-state index in [1.165, 1.54) is 17.5 Å². The number of ether oxygens (including phenoxy) is 1. The summed E-state index contributed by atoms with van der Waals surface area (Å²) in [4.78, 5) is 2.23. The molecule has 0 saturated heterocycles. The summed E-state index contributed by atoms with van der Waals surface area (Å²) in [6, 6.07) is 6.59. The van der Waals surface area contributed by atoms with E-state index in [1.54, 1.807) is 7.11 Å². The fraction of sp³-hybridized carbons (Fsp3) is 0.625. The second kappa shape index (κ2) is 6.24. The Morgan fingerprint density at radius 2 is 1.83 bits per heavy atom. The molecular formula is C16H27NO. The van der Waals surface area contributed by atoms with Gasteiger partial charge in [-0.1, -0.05) is 32.9 Å². The first-order valence-corrected chi connectivity index (χ1v) is 6.66. The van der Waals surface area contributed by atoms with Crippen molar-refractivity contribution in [3.8, 4) is 5.75 Å². The highest BCUT2D eigenvalue weighted by Crippen LogP contribution is 2.32. The summed E-state index contributed by atoms with van der Waals surface area (Å²) in [7, 11) is 5.99. The number of hydrogen-bond donors (Lipinski definition) is 0. The van der Waals surface area contributed by atoms with Crippen LogP contribution in [0.3, 0.4) is 0 Å². The molecule has 1 aromatic carbocycles. The van der Waals surface area contributed by atoms with E-state index in [2.05, 4.69) is 58.0 Å². The Bertz CT molecular complexity index is 377. The monoisotopic (exact) mass is 249 g/mol. The number of aryl methyl sites for hydroxylation is 1. The van der Waals surface area contributed by atoms with E-state index in [1.807, 2.05) is 0 Å². The Hall–Kier alpha value is -1.02. The first kappa shape index (κ1) is 15.0. The second-order valence-electron chi connectivity index (χ2n) is 6.19. The molecule has 102 valence electrons. The van der Waals surface area contributed by atoms with Crippen LogP contribution in [0.4, 0.5) is 0 Å². The summed E-state index contributed by atoms with van der Waals surface area (Å²) < 4.78 is 5.46. The number of nitrogens with zero attached hydrogens (tertiary/aromatic N) is 1. The molecule has 2 heteroatoms. The van der Waals surface area contributed by atoms with Gasteiger partial charge in [-0.05, 0) is 56.1 Å². The van der Waals surface area contributed by atoms with Crippen LogP contribution in [0.25, 0.3) is 0 Å². The Labute approximate surface area is 112 Å². The molecule has 0 aliphatic heterocycles. The summed E-state index contributed by atoms with van der Waals surface area (Å²) in [5.41, 5.74) is 2.83. The lowest BCUT2D eigenvalue weighted by Gasteiger charge is -2.23. The lowest BCUT2D eigenvalue weighted by molar-refractivity contribution is 0.395. The van der Waals surface area contributed by atoms with Crippen LogP contribution in [-0.4, -0.2) is 32.6 Å². The van der Waals surface area contributed by atoms with Crippen molar-refractivity contribution < 1.29 is 4.74 Å². The molecule has 0 bridgehead atoms. The van der Waals surface area contributed by atoms with Gasteiger partial charge in [0.2, 0.25) is 0 Å². The van der Waals surface area contributed by atoms with Crippen molar-refractivity contribution in [2.75, 3.05) is 27.7 Å². The Kier molecular flexibility index (Phi) is 5.21. The lowest BCUT2D eigenvalue weighted by Crippen LogP contribution is -2.15. The van der Waals surface area contributed by atoms with Gasteiger partial charge in [0.1, 0.15) is 5.75 Å². The molecule has 0 heterocycles. The number of benzene rings is 1. The fourth-order valence-corrected chi connectivity index (χ4v) is 2.10. The summed E-state index contributed by atoms with van der Waals surface area (Å²) in [5, 5.41) is 0. The molecule has 0 saturated carbocycles. The topological polar surface area (TPSA) is 12.5 Å². The third-order valence-corrected chi connectivity index (χ3v) is 3.14. The van der Waals surface area contributed by atoms with Crippen LogP contribution < -0.4 is 4.74 Å². The van der Waals surface area contributed by atoms with Gasteiger partial charge in [0, 0.05) is 0 Å². The minimum atomic E-state index is 0.128. The van der Waals surface area contributed by atoms with Gasteiger partial charge < -0.3 is 9.64 Å². The first-order chi connectivity index (χ1) is 8.34. The zero-order valence-electron chi connectivity index (χ0n) is 12.7. The molecule has 0 atom stereocenters. The minimum absolute atomic E-state index is 0.128. The SMILES string of the molecule is COc1ccc(CCCN(C)C)cc1C(C)(C)C. The smallest absolute Gasteiger partial charge is 0.122 e. The molecule has 18 heavy (non-hydrogen) atoms. The van der Waals surface area contributed by atoms with Crippen molar-refractivity contribution in [1.29, 1.82) is 0 Å². The van der Waals surface area contributed by atoms with Crippen LogP contribution in [0.15, 0.2) is 18.2 Å². The molecule has 0 spiro atoms. The highest BCUT2D eigenvalue weighted by Gasteiger charge is 2.19. The number of methoxy groups -OCH3 is 1. The predicted molar refractivity (Wildman–Crippen MR) is 78.6 cm³/mol. The van der Waals surface area contributed by atoms with Crippen LogP contribution in [-0.2, 0) is 11.8 Å². The molecule has 0 aliphatic rings. The van der Waals surface area contributed by atoms with E-state index >= 15 is 0 Å². The standard InChI is InChI=1S/C16H27NO/c1-16(2,3)14-12-13(8-7-11-17(4)5)9-10-15(14)18-6/h9-10,12H,7-8,11H2,1-6H3. The van der Waals surface area contributed by atoms with E-state index < -0.39 is 0 Å². The van der Waals surface area contributed by atoms with Crippen molar-refractivity contribution in [3.05, 3.63) is 29.3 Å². The van der Waals surface area contributed by atoms with Crippen molar-refractivity contribution >= 4 is 0 Å². The highest BCUT2D eigenvalue weighted by atomic mass is 16.5. The maximum Gasteiger partial charge on any atom is 0.122 e. The molecule has 0 aliphatic carbocycles. The summed E-state index contributed by atoms with van der Waals surface area (Å²) in [6.45, 7) is 7.83. The second-order valence-corrected chi connectivity index (χ2v) is 6.19. The van der Waals surface area contributed by atoms with Gasteiger partial charge in [0.25, 0.3) is 0 Å². The van der Waals surface area contributed by atoms with Gasteiger partial charge in [-0.25, -0.2) is 0 Å². The molecule has 0 unspecified atom stereocenters. The first-order valence-electron chi connectivity index (χ1n) is 6.66. The average molecular weight is 249 g/mol. The van der Waals surface area contributed by atoms with Crippen molar-refractivity contribution in [2.24, 2.45) is 0 Å². The van der Waals surface area contributed by atoms with E-state index in [-0.39, 0.29) is 5.41 Å². The van der Waals surface area contributed by atoms with Crippen LogP contribution >= 0.6 is 0 Å². The van der Waals surface area contributed by atoms with Crippen molar-refractivity contribution in [3.63, 3.8) is 0 Å². The van der Waals surface area contributed by atoms with Gasteiger partial charge in [0.15, 0.2) is 0 Å². The van der Waals surface area contributed by atoms with Crippen LogP contribution in [0, 0.1) is 0 Å². The van der Waals surface area contributed by atoms with Gasteiger partial charge in [0.05, 0.1) is 7.11 Å². The molecule has 0 aromatic heterocycles. The van der Waals surface area contributed by atoms with E-state index in [0.29, 0.717) is 0 Å². The summed E-state index contributed by atoms with van der Waals surface area (Å²) in [6.07, 6.45) is 2.33. The zero-order valence-corrected chi connectivity index (χ0v) is 12.7. The quantitative estimate of drug-likeness (QED) is 0.792.